The van der Waals surface area contributed by atoms with Gasteiger partial charge in [-0.15, -0.1) is 0 Å². The topological polar surface area (TPSA) is 76.3 Å². The molecule has 0 saturated carbocycles. The maximum atomic E-state index is 13.1. The van der Waals surface area contributed by atoms with Gasteiger partial charge in [0.2, 0.25) is 0 Å². The number of hydrogen-bond donors (Lipinski definition) is 1. The van der Waals surface area contributed by atoms with E-state index in [0.29, 0.717) is 10.9 Å². The Morgan fingerprint density at radius 2 is 1.35 bits per heavy atom. The fourth-order valence-corrected chi connectivity index (χ4v) is 3.54. The number of nitrogens with zero attached hydrogens (tertiary/aromatic N) is 3. The van der Waals surface area contributed by atoms with Gasteiger partial charge in [-0.1, -0.05) is 48.5 Å². The Morgan fingerprint density at radius 3 is 1.94 bits per heavy atom. The highest BCUT2D eigenvalue weighted by Crippen LogP contribution is 2.22. The molecule has 3 aromatic carbocycles. The summed E-state index contributed by atoms with van der Waals surface area (Å²) in [6, 6.07) is 25.7. The van der Waals surface area contributed by atoms with Crippen molar-refractivity contribution in [3.63, 3.8) is 0 Å². The largest absolute Gasteiger partial charge is 0.331 e. The molecule has 0 atom stereocenters. The standard InChI is InChI=1S/C24H22N4O3/c1-2-26-23(30)20-15-9-10-16-21(20)27(24(26)31)17-22(29)25-28(18-11-5-3-6-12-18)19-13-7-4-8-14-19/h3-16H,2,17H2,1H3,(H,25,29). The maximum absolute atomic E-state index is 13.1. The predicted molar refractivity (Wildman–Crippen MR) is 121 cm³/mol. The number of fused-ring (bicyclic) bond motifs is 1. The highest BCUT2D eigenvalue weighted by Gasteiger charge is 2.17. The number of hydrazine groups is 1. The predicted octanol–water partition coefficient (Wildman–Crippen LogP) is 3.05. The lowest BCUT2D eigenvalue weighted by Crippen LogP contribution is -2.45. The Morgan fingerprint density at radius 1 is 0.806 bits per heavy atom. The maximum Gasteiger partial charge on any atom is 0.331 e. The van der Waals surface area contributed by atoms with Gasteiger partial charge in [-0.3, -0.25) is 29.2 Å². The zero-order valence-corrected chi connectivity index (χ0v) is 17.1. The summed E-state index contributed by atoms with van der Waals surface area (Å²) >= 11 is 0. The second-order valence-corrected chi connectivity index (χ2v) is 6.98. The van der Waals surface area contributed by atoms with Crippen LogP contribution >= 0.6 is 0 Å². The number of aromatic nitrogens is 2. The van der Waals surface area contributed by atoms with Crippen molar-refractivity contribution >= 4 is 28.2 Å². The van der Waals surface area contributed by atoms with Gasteiger partial charge >= 0.3 is 5.69 Å². The summed E-state index contributed by atoms with van der Waals surface area (Å²) in [6.45, 7) is 1.73. The van der Waals surface area contributed by atoms with Crippen LogP contribution in [0.4, 0.5) is 11.4 Å². The molecular weight excluding hydrogens is 392 g/mol. The van der Waals surface area contributed by atoms with E-state index in [1.165, 1.54) is 4.57 Å². The van der Waals surface area contributed by atoms with Crippen molar-refractivity contribution in [1.29, 1.82) is 0 Å². The molecule has 156 valence electrons. The van der Waals surface area contributed by atoms with E-state index in [0.717, 1.165) is 15.9 Å². The van der Waals surface area contributed by atoms with E-state index >= 15 is 0 Å². The van der Waals surface area contributed by atoms with Gasteiger partial charge in [-0.25, -0.2) is 4.79 Å². The Balaban J connectivity index is 1.72. The third-order valence-corrected chi connectivity index (χ3v) is 5.02. The van der Waals surface area contributed by atoms with Crippen LogP contribution in [0.25, 0.3) is 10.9 Å². The first-order chi connectivity index (χ1) is 15.1. The van der Waals surface area contributed by atoms with E-state index in [2.05, 4.69) is 5.43 Å². The van der Waals surface area contributed by atoms with E-state index in [4.69, 9.17) is 0 Å². The number of hydrogen-bond acceptors (Lipinski definition) is 4. The van der Waals surface area contributed by atoms with Crippen molar-refractivity contribution in [2.24, 2.45) is 0 Å². The average Bonchev–Trinajstić information content (AvgIpc) is 2.82. The van der Waals surface area contributed by atoms with Gasteiger partial charge in [0.25, 0.3) is 11.5 Å². The van der Waals surface area contributed by atoms with Crippen LogP contribution in [0.1, 0.15) is 6.92 Å². The van der Waals surface area contributed by atoms with E-state index in [1.807, 2.05) is 60.7 Å². The molecule has 0 radical (unpaired) electrons. The normalized spacial score (nSPS) is 10.7. The summed E-state index contributed by atoms with van der Waals surface area (Å²) in [6.07, 6.45) is 0. The van der Waals surface area contributed by atoms with Crippen molar-refractivity contribution in [2.75, 3.05) is 5.01 Å². The van der Waals surface area contributed by atoms with Crippen LogP contribution < -0.4 is 21.7 Å². The summed E-state index contributed by atoms with van der Waals surface area (Å²) in [5.41, 5.74) is 4.02. The van der Waals surface area contributed by atoms with Gasteiger partial charge in [0.05, 0.1) is 22.3 Å². The summed E-state index contributed by atoms with van der Waals surface area (Å²) in [5.74, 6) is -0.388. The number of carbonyl (C=O) groups excluding carboxylic acids is 1. The lowest BCUT2D eigenvalue weighted by atomic mass is 10.2. The number of nitrogens with one attached hydrogen (secondary N) is 1. The molecule has 1 aromatic heterocycles. The highest BCUT2D eigenvalue weighted by molar-refractivity contribution is 5.83. The first-order valence-electron chi connectivity index (χ1n) is 10.0. The molecule has 7 heteroatoms. The van der Waals surface area contributed by atoms with E-state index in [9.17, 15) is 14.4 Å². The third kappa shape index (κ3) is 3.98. The van der Waals surface area contributed by atoms with Crippen LogP contribution in [0.2, 0.25) is 0 Å². The molecule has 1 amide bonds. The van der Waals surface area contributed by atoms with Gasteiger partial charge in [-0.05, 0) is 43.3 Å². The van der Waals surface area contributed by atoms with Gasteiger partial charge in [0.15, 0.2) is 0 Å². The van der Waals surface area contributed by atoms with Gasteiger partial charge in [0, 0.05) is 6.54 Å². The number of amides is 1. The lowest BCUT2D eigenvalue weighted by molar-refractivity contribution is -0.121. The first kappa shape index (κ1) is 20.2. The smallest absolute Gasteiger partial charge is 0.284 e. The van der Waals surface area contributed by atoms with Crippen LogP contribution in [0, 0.1) is 0 Å². The van der Waals surface area contributed by atoms with Crippen LogP contribution in [-0.2, 0) is 17.9 Å². The van der Waals surface area contributed by atoms with Crippen LogP contribution in [0.15, 0.2) is 94.5 Å². The fourth-order valence-electron chi connectivity index (χ4n) is 3.54. The zero-order valence-electron chi connectivity index (χ0n) is 17.1. The Bertz CT molecular complexity index is 1290. The van der Waals surface area contributed by atoms with E-state index < -0.39 is 5.69 Å². The SMILES string of the molecule is CCn1c(=O)c2ccccc2n(CC(=O)NN(c2ccccc2)c2ccccc2)c1=O. The van der Waals surface area contributed by atoms with Crippen LogP contribution in [-0.4, -0.2) is 15.0 Å². The van der Waals surface area contributed by atoms with Crippen molar-refractivity contribution in [2.45, 2.75) is 20.0 Å². The van der Waals surface area contributed by atoms with Gasteiger partial charge in [-0.2, -0.15) is 0 Å². The van der Waals surface area contributed by atoms with Crippen molar-refractivity contribution in [3.05, 3.63) is 106 Å². The Hall–Kier alpha value is -4.13. The monoisotopic (exact) mass is 414 g/mol. The molecule has 0 aliphatic rings. The number of benzene rings is 3. The van der Waals surface area contributed by atoms with Gasteiger partial charge in [0.1, 0.15) is 6.54 Å². The minimum atomic E-state index is -0.507. The molecule has 0 fully saturated rings. The summed E-state index contributed by atoms with van der Waals surface area (Å²) in [4.78, 5) is 38.6. The summed E-state index contributed by atoms with van der Waals surface area (Å²) < 4.78 is 2.48. The Kier molecular flexibility index (Phi) is 5.66. The number of anilines is 2. The molecule has 1 N–H and O–H groups in total. The molecule has 1 heterocycles. The number of para-hydroxylation sites is 3. The molecule has 0 saturated heterocycles. The summed E-state index contributed by atoms with van der Waals surface area (Å²) in [7, 11) is 0. The molecule has 7 nitrogen and oxygen atoms in total. The molecular formula is C24H22N4O3. The van der Waals surface area contributed by atoms with Crippen LogP contribution in [0.3, 0.4) is 0 Å². The molecule has 0 unspecified atom stereocenters. The molecule has 0 bridgehead atoms. The fraction of sp³-hybridized carbons (Fsp3) is 0.125. The van der Waals surface area contributed by atoms with Crippen molar-refractivity contribution in [1.82, 2.24) is 14.6 Å². The van der Waals surface area contributed by atoms with Crippen molar-refractivity contribution < 1.29 is 4.79 Å². The second kappa shape index (κ2) is 8.71. The van der Waals surface area contributed by atoms with E-state index in [1.54, 1.807) is 36.2 Å². The number of carbonyl (C=O) groups is 1. The third-order valence-electron chi connectivity index (χ3n) is 5.02. The molecule has 4 rings (SSSR count). The Labute approximate surface area is 178 Å². The minimum Gasteiger partial charge on any atom is -0.284 e. The summed E-state index contributed by atoms with van der Waals surface area (Å²) in [5, 5.41) is 2.07. The molecule has 31 heavy (non-hydrogen) atoms. The molecule has 0 aliphatic heterocycles. The highest BCUT2D eigenvalue weighted by atomic mass is 16.2. The minimum absolute atomic E-state index is 0.226. The van der Waals surface area contributed by atoms with Crippen LogP contribution in [0.5, 0.6) is 0 Å². The van der Waals surface area contributed by atoms with Crippen molar-refractivity contribution in [3.8, 4) is 0 Å². The lowest BCUT2D eigenvalue weighted by Gasteiger charge is -2.26. The molecule has 0 aliphatic carbocycles. The zero-order chi connectivity index (χ0) is 21.8. The second-order valence-electron chi connectivity index (χ2n) is 6.98. The van der Waals surface area contributed by atoms with E-state index in [-0.39, 0.29) is 24.6 Å². The molecule has 0 spiro atoms. The average molecular weight is 414 g/mol. The number of rotatable bonds is 6. The van der Waals surface area contributed by atoms with Gasteiger partial charge < -0.3 is 0 Å². The quantitative estimate of drug-likeness (QED) is 0.492. The first-order valence-corrected chi connectivity index (χ1v) is 10.0. The molecule has 4 aromatic rings.